The summed E-state index contributed by atoms with van der Waals surface area (Å²) in [5.74, 6) is -0.379. The minimum absolute atomic E-state index is 0.0484. The molecular weight excluding hydrogens is 230 g/mol. The van der Waals surface area contributed by atoms with Gasteiger partial charge in [0.1, 0.15) is 0 Å². The van der Waals surface area contributed by atoms with Crippen LogP contribution in [0.3, 0.4) is 0 Å². The summed E-state index contributed by atoms with van der Waals surface area (Å²) in [5.41, 5.74) is 5.24. The molecule has 0 aliphatic rings. The minimum Gasteiger partial charge on any atom is -0.387 e. The number of sulfonamides is 1. The molecule has 1 rings (SSSR count). The number of amidine groups is 1. The summed E-state index contributed by atoms with van der Waals surface area (Å²) < 4.78 is 27.2. The van der Waals surface area contributed by atoms with Crippen LogP contribution in [0.15, 0.2) is 17.3 Å². The Balaban J connectivity index is 2.75. The van der Waals surface area contributed by atoms with E-state index in [2.05, 4.69) is 9.82 Å². The van der Waals surface area contributed by atoms with Crippen molar-refractivity contribution >= 4 is 15.9 Å². The Kier molecular flexibility index (Phi) is 3.66. The molecule has 16 heavy (non-hydrogen) atoms. The van der Waals surface area contributed by atoms with Gasteiger partial charge >= 0.3 is 0 Å². The summed E-state index contributed by atoms with van der Waals surface area (Å²) in [5, 5.41) is 11.0. The largest absolute Gasteiger partial charge is 0.387 e. The molecule has 0 bridgehead atoms. The molecule has 0 saturated carbocycles. The standard InChI is InChI=1S/C8H15N5O2S/c1-6(8(9)10)5-12-16(14,15)7-3-4-11-13(7)2/h3-4,6,12H,5H2,1-2H3,(H3,9,10). The van der Waals surface area contributed by atoms with Crippen LogP contribution in [0.1, 0.15) is 6.92 Å². The SMILES string of the molecule is CC(CNS(=O)(=O)c1ccnn1C)C(=N)N. The Labute approximate surface area is 94.2 Å². The van der Waals surface area contributed by atoms with Crippen molar-refractivity contribution in [3.63, 3.8) is 0 Å². The van der Waals surface area contributed by atoms with E-state index in [-0.39, 0.29) is 23.3 Å². The molecule has 90 valence electrons. The molecule has 0 radical (unpaired) electrons. The number of nitrogens with one attached hydrogen (secondary N) is 2. The highest BCUT2D eigenvalue weighted by Crippen LogP contribution is 2.06. The fraction of sp³-hybridized carbons (Fsp3) is 0.500. The first-order valence-corrected chi connectivity index (χ1v) is 6.14. The quantitative estimate of drug-likeness (QED) is 0.468. The lowest BCUT2D eigenvalue weighted by atomic mass is 10.2. The van der Waals surface area contributed by atoms with Crippen LogP contribution in [0.4, 0.5) is 0 Å². The zero-order chi connectivity index (χ0) is 12.3. The summed E-state index contributed by atoms with van der Waals surface area (Å²) in [6.07, 6.45) is 1.41. The van der Waals surface area contributed by atoms with E-state index in [1.807, 2.05) is 0 Å². The van der Waals surface area contributed by atoms with Gasteiger partial charge in [0.2, 0.25) is 0 Å². The molecule has 1 unspecified atom stereocenters. The first-order valence-electron chi connectivity index (χ1n) is 4.66. The third kappa shape index (κ3) is 2.80. The Morgan fingerprint density at radius 3 is 2.81 bits per heavy atom. The van der Waals surface area contributed by atoms with Gasteiger partial charge in [-0.15, -0.1) is 0 Å². The molecule has 1 aromatic rings. The third-order valence-electron chi connectivity index (χ3n) is 2.16. The second-order valence-corrected chi connectivity index (χ2v) is 5.22. The van der Waals surface area contributed by atoms with Crippen molar-refractivity contribution in [2.24, 2.45) is 18.7 Å². The fourth-order valence-electron chi connectivity index (χ4n) is 1.04. The summed E-state index contributed by atoms with van der Waals surface area (Å²) in [6.45, 7) is 1.77. The Morgan fingerprint density at radius 2 is 2.38 bits per heavy atom. The first-order chi connectivity index (χ1) is 7.34. The maximum absolute atomic E-state index is 11.8. The molecule has 1 heterocycles. The highest BCUT2D eigenvalue weighted by Gasteiger charge is 2.19. The molecule has 4 N–H and O–H groups in total. The van der Waals surface area contributed by atoms with Crippen LogP contribution in [-0.4, -0.2) is 30.6 Å². The summed E-state index contributed by atoms with van der Waals surface area (Å²) in [4.78, 5) is 0. The second-order valence-electron chi connectivity index (χ2n) is 3.50. The maximum Gasteiger partial charge on any atom is 0.257 e. The van der Waals surface area contributed by atoms with Crippen LogP contribution in [-0.2, 0) is 17.1 Å². The fourth-order valence-corrected chi connectivity index (χ4v) is 2.30. The van der Waals surface area contributed by atoms with E-state index in [0.717, 1.165) is 0 Å². The Bertz CT molecular complexity index is 478. The Hall–Kier alpha value is -1.41. The number of hydrogen-bond donors (Lipinski definition) is 3. The van der Waals surface area contributed by atoms with Gasteiger partial charge in [-0.1, -0.05) is 6.92 Å². The monoisotopic (exact) mass is 245 g/mol. The van der Waals surface area contributed by atoms with Gasteiger partial charge in [0.15, 0.2) is 5.03 Å². The lowest BCUT2D eigenvalue weighted by Crippen LogP contribution is -2.34. The van der Waals surface area contributed by atoms with Crippen LogP contribution in [0.25, 0.3) is 0 Å². The van der Waals surface area contributed by atoms with Crippen LogP contribution < -0.4 is 10.5 Å². The molecule has 0 fully saturated rings. The molecule has 1 aromatic heterocycles. The van der Waals surface area contributed by atoms with Gasteiger partial charge in [-0.3, -0.25) is 10.1 Å². The van der Waals surface area contributed by atoms with Crippen molar-refractivity contribution < 1.29 is 8.42 Å². The van der Waals surface area contributed by atoms with E-state index < -0.39 is 10.0 Å². The topological polar surface area (TPSA) is 114 Å². The highest BCUT2D eigenvalue weighted by molar-refractivity contribution is 7.89. The van der Waals surface area contributed by atoms with Gasteiger partial charge in [0.05, 0.1) is 12.0 Å². The summed E-state index contributed by atoms with van der Waals surface area (Å²) in [6, 6.07) is 1.40. The van der Waals surface area contributed by atoms with Crippen molar-refractivity contribution in [2.75, 3.05) is 6.54 Å². The molecule has 1 atom stereocenters. The third-order valence-corrected chi connectivity index (χ3v) is 3.66. The molecule has 0 amide bonds. The number of aromatic nitrogens is 2. The average Bonchev–Trinajstić information content (AvgIpc) is 2.61. The van der Waals surface area contributed by atoms with Gasteiger partial charge in [0.25, 0.3) is 10.0 Å². The Morgan fingerprint density at radius 1 is 1.75 bits per heavy atom. The van der Waals surface area contributed by atoms with Crippen molar-refractivity contribution in [3.8, 4) is 0 Å². The lowest BCUT2D eigenvalue weighted by Gasteiger charge is -2.11. The smallest absolute Gasteiger partial charge is 0.257 e. The number of aryl methyl sites for hydroxylation is 1. The maximum atomic E-state index is 11.8. The van der Waals surface area contributed by atoms with Gasteiger partial charge in [-0.2, -0.15) is 5.10 Å². The van der Waals surface area contributed by atoms with Gasteiger partial charge in [-0.05, 0) is 6.07 Å². The molecule has 8 heteroatoms. The number of nitrogens with two attached hydrogens (primary N) is 1. The minimum atomic E-state index is -3.58. The zero-order valence-electron chi connectivity index (χ0n) is 9.14. The number of hydrogen-bond acceptors (Lipinski definition) is 4. The van der Waals surface area contributed by atoms with E-state index in [1.165, 1.54) is 16.9 Å². The predicted molar refractivity (Wildman–Crippen MR) is 59.5 cm³/mol. The van der Waals surface area contributed by atoms with Crippen molar-refractivity contribution in [3.05, 3.63) is 12.3 Å². The molecule has 0 aliphatic heterocycles. The van der Waals surface area contributed by atoms with Crippen LogP contribution >= 0.6 is 0 Å². The molecule has 7 nitrogen and oxygen atoms in total. The van der Waals surface area contributed by atoms with Gasteiger partial charge in [0, 0.05) is 19.5 Å². The molecule has 0 aromatic carbocycles. The first kappa shape index (κ1) is 12.7. The van der Waals surface area contributed by atoms with E-state index in [4.69, 9.17) is 11.1 Å². The summed E-state index contributed by atoms with van der Waals surface area (Å²) >= 11 is 0. The van der Waals surface area contributed by atoms with E-state index in [9.17, 15) is 8.42 Å². The zero-order valence-corrected chi connectivity index (χ0v) is 9.95. The van der Waals surface area contributed by atoms with Crippen LogP contribution in [0.2, 0.25) is 0 Å². The van der Waals surface area contributed by atoms with Crippen LogP contribution in [0, 0.1) is 11.3 Å². The van der Waals surface area contributed by atoms with E-state index >= 15 is 0 Å². The molecule has 0 aliphatic carbocycles. The normalized spacial score (nSPS) is 13.6. The van der Waals surface area contributed by atoms with E-state index in [0.29, 0.717) is 0 Å². The second kappa shape index (κ2) is 4.62. The lowest BCUT2D eigenvalue weighted by molar-refractivity contribution is 0.557. The van der Waals surface area contributed by atoms with Crippen LogP contribution in [0.5, 0.6) is 0 Å². The predicted octanol–water partition coefficient (Wildman–Crippen LogP) is -0.730. The average molecular weight is 245 g/mol. The van der Waals surface area contributed by atoms with E-state index in [1.54, 1.807) is 14.0 Å². The van der Waals surface area contributed by atoms with Gasteiger partial charge in [-0.25, -0.2) is 13.1 Å². The number of rotatable bonds is 5. The van der Waals surface area contributed by atoms with Crippen molar-refractivity contribution in [1.82, 2.24) is 14.5 Å². The highest BCUT2D eigenvalue weighted by atomic mass is 32.2. The molecule has 0 spiro atoms. The summed E-state index contributed by atoms with van der Waals surface area (Å²) in [7, 11) is -2.03. The van der Waals surface area contributed by atoms with Crippen molar-refractivity contribution in [1.29, 1.82) is 5.41 Å². The molecule has 0 saturated heterocycles. The van der Waals surface area contributed by atoms with Crippen molar-refractivity contribution in [2.45, 2.75) is 11.9 Å². The van der Waals surface area contributed by atoms with Gasteiger partial charge < -0.3 is 5.73 Å². The molecular formula is C8H15N5O2S. The number of nitrogens with zero attached hydrogens (tertiary/aromatic N) is 2.